The molecule has 0 unspecified atom stereocenters. The van der Waals surface area contributed by atoms with E-state index in [1.807, 2.05) is 12.1 Å². The summed E-state index contributed by atoms with van der Waals surface area (Å²) in [5, 5.41) is 8.69. The molecule has 5 nitrogen and oxygen atoms in total. The van der Waals surface area contributed by atoms with Gasteiger partial charge in [-0.25, -0.2) is 0 Å². The summed E-state index contributed by atoms with van der Waals surface area (Å²) in [6.45, 7) is 3.13. The summed E-state index contributed by atoms with van der Waals surface area (Å²) in [7, 11) is 0. The molecule has 2 rings (SSSR count). The monoisotopic (exact) mass is 222 g/mol. The summed E-state index contributed by atoms with van der Waals surface area (Å²) in [6, 6.07) is 3.73. The van der Waals surface area contributed by atoms with Crippen LogP contribution in [-0.2, 0) is 16.0 Å². The average molecular weight is 222 g/mol. The molecule has 1 aliphatic rings. The lowest BCUT2D eigenvalue weighted by Gasteiger charge is -2.28. The summed E-state index contributed by atoms with van der Waals surface area (Å²) in [4.78, 5) is 16.8. The number of hydrogen-bond donors (Lipinski definition) is 1. The van der Waals surface area contributed by atoms with Gasteiger partial charge >= 0.3 is 5.97 Å². The topological polar surface area (TPSA) is 62.7 Å². The molecule has 5 heteroatoms. The maximum Gasteiger partial charge on any atom is 0.309 e. The number of aromatic nitrogens is 1. The molecule has 0 aromatic carbocycles. The van der Waals surface area contributed by atoms with E-state index >= 15 is 0 Å². The molecule has 2 heterocycles. The van der Waals surface area contributed by atoms with Crippen LogP contribution in [0.5, 0.6) is 0 Å². The Morgan fingerprint density at radius 1 is 1.50 bits per heavy atom. The average Bonchev–Trinajstić information content (AvgIpc) is 2.30. The van der Waals surface area contributed by atoms with Gasteiger partial charge in [0.05, 0.1) is 25.3 Å². The number of carboxylic acids is 1. The van der Waals surface area contributed by atoms with Gasteiger partial charge in [0.1, 0.15) is 0 Å². The van der Waals surface area contributed by atoms with Crippen LogP contribution in [0.1, 0.15) is 5.69 Å². The van der Waals surface area contributed by atoms with Crippen LogP contribution in [0.2, 0.25) is 0 Å². The Hall–Kier alpha value is -1.62. The SMILES string of the molecule is O=C(O)Cc1cc(N2CCOCC2)ccn1. The van der Waals surface area contributed by atoms with E-state index in [-0.39, 0.29) is 6.42 Å². The third-order valence-corrected chi connectivity index (χ3v) is 2.51. The molecule has 0 bridgehead atoms. The van der Waals surface area contributed by atoms with Crippen molar-refractivity contribution in [2.45, 2.75) is 6.42 Å². The van der Waals surface area contributed by atoms with Gasteiger partial charge in [-0.2, -0.15) is 0 Å². The van der Waals surface area contributed by atoms with Crippen LogP contribution in [0.3, 0.4) is 0 Å². The van der Waals surface area contributed by atoms with Gasteiger partial charge in [-0.15, -0.1) is 0 Å². The fourth-order valence-electron chi connectivity index (χ4n) is 1.74. The van der Waals surface area contributed by atoms with E-state index in [4.69, 9.17) is 9.84 Å². The predicted molar refractivity (Wildman–Crippen MR) is 58.6 cm³/mol. The molecule has 0 atom stereocenters. The highest BCUT2D eigenvalue weighted by molar-refractivity contribution is 5.70. The predicted octanol–water partition coefficient (Wildman–Crippen LogP) is 0.545. The van der Waals surface area contributed by atoms with Crippen molar-refractivity contribution in [3.63, 3.8) is 0 Å². The number of nitrogens with zero attached hydrogens (tertiary/aromatic N) is 2. The van der Waals surface area contributed by atoms with E-state index in [1.165, 1.54) is 0 Å². The third-order valence-electron chi connectivity index (χ3n) is 2.51. The molecule has 0 amide bonds. The third kappa shape index (κ3) is 2.70. The van der Waals surface area contributed by atoms with Crippen molar-refractivity contribution in [2.24, 2.45) is 0 Å². The van der Waals surface area contributed by atoms with Crippen molar-refractivity contribution in [3.05, 3.63) is 24.0 Å². The Labute approximate surface area is 93.7 Å². The summed E-state index contributed by atoms with van der Waals surface area (Å²) in [5.74, 6) is -0.855. The van der Waals surface area contributed by atoms with E-state index in [9.17, 15) is 4.79 Å². The van der Waals surface area contributed by atoms with Crippen molar-refractivity contribution in [2.75, 3.05) is 31.2 Å². The minimum Gasteiger partial charge on any atom is -0.481 e. The lowest BCUT2D eigenvalue weighted by Crippen LogP contribution is -2.36. The largest absolute Gasteiger partial charge is 0.481 e. The van der Waals surface area contributed by atoms with E-state index in [0.29, 0.717) is 5.69 Å². The molecule has 1 aromatic rings. The summed E-state index contributed by atoms with van der Waals surface area (Å²) in [5.41, 5.74) is 1.62. The van der Waals surface area contributed by atoms with Crippen molar-refractivity contribution < 1.29 is 14.6 Å². The van der Waals surface area contributed by atoms with E-state index in [0.717, 1.165) is 32.0 Å². The molecule has 1 aromatic heterocycles. The second-order valence-electron chi connectivity index (χ2n) is 3.68. The zero-order valence-electron chi connectivity index (χ0n) is 8.93. The Morgan fingerprint density at radius 2 is 2.25 bits per heavy atom. The second kappa shape index (κ2) is 4.94. The fraction of sp³-hybridized carbons (Fsp3) is 0.455. The first kappa shape index (κ1) is 10.9. The van der Waals surface area contributed by atoms with Crippen LogP contribution in [0.25, 0.3) is 0 Å². The highest BCUT2D eigenvalue weighted by atomic mass is 16.5. The molecule has 86 valence electrons. The smallest absolute Gasteiger partial charge is 0.309 e. The molecule has 0 spiro atoms. The van der Waals surface area contributed by atoms with Gasteiger partial charge in [-0.3, -0.25) is 9.78 Å². The van der Waals surface area contributed by atoms with Crippen molar-refractivity contribution in [1.82, 2.24) is 4.98 Å². The molecule has 16 heavy (non-hydrogen) atoms. The number of aliphatic carboxylic acids is 1. The lowest BCUT2D eigenvalue weighted by molar-refractivity contribution is -0.136. The summed E-state index contributed by atoms with van der Waals surface area (Å²) < 4.78 is 5.26. The number of hydrogen-bond acceptors (Lipinski definition) is 4. The minimum atomic E-state index is -0.855. The van der Waals surface area contributed by atoms with Gasteiger partial charge in [0.25, 0.3) is 0 Å². The van der Waals surface area contributed by atoms with E-state index in [1.54, 1.807) is 6.20 Å². The number of ether oxygens (including phenoxy) is 1. The van der Waals surface area contributed by atoms with Gasteiger partial charge in [0.2, 0.25) is 0 Å². The lowest BCUT2D eigenvalue weighted by atomic mass is 10.2. The molecular weight excluding hydrogens is 208 g/mol. The molecule has 0 aliphatic carbocycles. The van der Waals surface area contributed by atoms with Crippen LogP contribution < -0.4 is 4.90 Å². The summed E-state index contributed by atoms with van der Waals surface area (Å²) in [6.07, 6.45) is 1.63. The zero-order chi connectivity index (χ0) is 11.4. The Kier molecular flexibility index (Phi) is 3.36. The van der Waals surface area contributed by atoms with Gasteiger partial charge in [-0.1, -0.05) is 0 Å². The molecular formula is C11H14N2O3. The van der Waals surface area contributed by atoms with Crippen LogP contribution >= 0.6 is 0 Å². The quantitative estimate of drug-likeness (QED) is 0.809. The van der Waals surface area contributed by atoms with Crippen molar-refractivity contribution in [1.29, 1.82) is 0 Å². The van der Waals surface area contributed by atoms with E-state index < -0.39 is 5.97 Å². The Bertz CT molecular complexity index is 375. The van der Waals surface area contributed by atoms with Crippen molar-refractivity contribution >= 4 is 11.7 Å². The van der Waals surface area contributed by atoms with Crippen LogP contribution in [0.15, 0.2) is 18.3 Å². The molecule has 1 aliphatic heterocycles. The Morgan fingerprint density at radius 3 is 2.94 bits per heavy atom. The van der Waals surface area contributed by atoms with Crippen LogP contribution in [-0.4, -0.2) is 42.4 Å². The normalized spacial score (nSPS) is 16.1. The molecule has 1 fully saturated rings. The maximum absolute atomic E-state index is 10.6. The van der Waals surface area contributed by atoms with Gasteiger partial charge in [0.15, 0.2) is 0 Å². The molecule has 0 saturated carbocycles. The van der Waals surface area contributed by atoms with Gasteiger partial charge in [-0.05, 0) is 12.1 Å². The molecule has 1 saturated heterocycles. The first-order valence-electron chi connectivity index (χ1n) is 5.25. The van der Waals surface area contributed by atoms with Crippen LogP contribution in [0, 0.1) is 0 Å². The van der Waals surface area contributed by atoms with Crippen LogP contribution in [0.4, 0.5) is 5.69 Å². The fourth-order valence-corrected chi connectivity index (χ4v) is 1.74. The standard InChI is InChI=1S/C11H14N2O3/c14-11(15)8-9-7-10(1-2-12-9)13-3-5-16-6-4-13/h1-2,7H,3-6,8H2,(H,14,15). The molecule has 1 N–H and O–H groups in total. The second-order valence-corrected chi connectivity index (χ2v) is 3.68. The number of morpholine rings is 1. The number of anilines is 1. The first-order valence-corrected chi connectivity index (χ1v) is 5.25. The number of carboxylic acid groups (broad SMARTS) is 1. The number of rotatable bonds is 3. The number of carbonyl (C=O) groups is 1. The zero-order valence-corrected chi connectivity index (χ0v) is 8.93. The van der Waals surface area contributed by atoms with Crippen molar-refractivity contribution in [3.8, 4) is 0 Å². The highest BCUT2D eigenvalue weighted by Crippen LogP contribution is 2.16. The van der Waals surface area contributed by atoms with E-state index in [2.05, 4.69) is 9.88 Å². The Balaban J connectivity index is 2.11. The highest BCUT2D eigenvalue weighted by Gasteiger charge is 2.12. The maximum atomic E-state index is 10.6. The summed E-state index contributed by atoms with van der Waals surface area (Å²) >= 11 is 0. The minimum absolute atomic E-state index is 0.0296. The van der Waals surface area contributed by atoms with Gasteiger partial charge < -0.3 is 14.7 Å². The van der Waals surface area contributed by atoms with Gasteiger partial charge in [0, 0.05) is 25.0 Å². The first-order chi connectivity index (χ1) is 7.75. The number of pyridine rings is 1. The molecule has 0 radical (unpaired) electrons.